The molecule has 0 saturated carbocycles. The second-order valence-corrected chi connectivity index (χ2v) is 13.1. The van der Waals surface area contributed by atoms with Gasteiger partial charge in [0.15, 0.2) is 11.6 Å². The molecule has 6 rings (SSSR count). The van der Waals surface area contributed by atoms with E-state index >= 15 is 4.39 Å². The quantitative estimate of drug-likeness (QED) is 0.259. The number of piperazine rings is 1. The molecule has 1 aliphatic carbocycles. The third-order valence-electron chi connectivity index (χ3n) is 8.41. The van der Waals surface area contributed by atoms with Crippen LogP contribution in [0, 0.1) is 5.82 Å². The number of rotatable bonds is 7. The minimum atomic E-state index is -0.600. The van der Waals surface area contributed by atoms with Crippen LogP contribution < -0.4 is 10.9 Å². The summed E-state index contributed by atoms with van der Waals surface area (Å²) in [6.45, 7) is 1.45. The average molecular weight is 634 g/mol. The zero-order valence-electron chi connectivity index (χ0n) is 24.8. The van der Waals surface area contributed by atoms with E-state index in [9.17, 15) is 14.4 Å². The van der Waals surface area contributed by atoms with Crippen molar-refractivity contribution in [2.75, 3.05) is 32.5 Å². The molecule has 1 fully saturated rings. The highest BCUT2D eigenvalue weighted by Crippen LogP contribution is 2.33. The van der Waals surface area contributed by atoms with Gasteiger partial charge in [0.05, 0.1) is 10.6 Å². The van der Waals surface area contributed by atoms with Gasteiger partial charge < -0.3 is 14.8 Å². The Bertz CT molecular complexity index is 1800. The van der Waals surface area contributed by atoms with Gasteiger partial charge in [0.1, 0.15) is 11.9 Å². The lowest BCUT2D eigenvalue weighted by atomic mass is 9.98. The number of fused-ring (bicyclic) bond motifs is 1. The highest BCUT2D eigenvalue weighted by molar-refractivity contribution is 7.14. The first-order valence-electron chi connectivity index (χ1n) is 14.6. The number of thiophene rings is 1. The fourth-order valence-electron chi connectivity index (χ4n) is 5.89. The number of carbonyl (C=O) groups excluding carboxylic acids is 2. The third-order valence-corrected chi connectivity index (χ3v) is 9.91. The lowest BCUT2D eigenvalue weighted by molar-refractivity contribution is -0.139. The minimum Gasteiger partial charge on any atom is -0.343 e. The Hall–Kier alpha value is -3.86. The van der Waals surface area contributed by atoms with E-state index in [0.29, 0.717) is 17.1 Å². The van der Waals surface area contributed by atoms with Gasteiger partial charge in [-0.25, -0.2) is 9.37 Å². The van der Waals surface area contributed by atoms with Crippen molar-refractivity contribution in [3.8, 4) is 11.3 Å². The van der Waals surface area contributed by atoms with Crippen molar-refractivity contribution in [3.05, 3.63) is 96.3 Å². The molecule has 44 heavy (non-hydrogen) atoms. The fraction of sp³-hybridized carbons (Fsp3) is 0.333. The Balaban J connectivity index is 1.26. The number of halogens is 2. The van der Waals surface area contributed by atoms with Crippen LogP contribution in [-0.2, 0) is 31.1 Å². The summed E-state index contributed by atoms with van der Waals surface area (Å²) < 4.78 is 17.3. The first-order chi connectivity index (χ1) is 21.1. The Labute approximate surface area is 264 Å². The van der Waals surface area contributed by atoms with Crippen molar-refractivity contribution in [1.29, 1.82) is 0 Å². The van der Waals surface area contributed by atoms with E-state index in [1.165, 1.54) is 44.7 Å². The molecule has 4 aromatic rings. The van der Waals surface area contributed by atoms with Crippen molar-refractivity contribution >= 4 is 46.1 Å². The minimum absolute atomic E-state index is 0.00418. The molecule has 2 aromatic heterocycles. The number of aryl methyl sites for hydroxylation is 3. The highest BCUT2D eigenvalue weighted by atomic mass is 35.5. The summed E-state index contributed by atoms with van der Waals surface area (Å²) in [4.78, 5) is 49.1. The van der Waals surface area contributed by atoms with Crippen LogP contribution >= 0.6 is 22.9 Å². The molecule has 0 spiro atoms. The molecule has 1 saturated heterocycles. The molecule has 11 heteroatoms. The maximum absolute atomic E-state index is 16.0. The summed E-state index contributed by atoms with van der Waals surface area (Å²) in [6, 6.07) is 11.8. The molecule has 2 aromatic carbocycles. The van der Waals surface area contributed by atoms with Gasteiger partial charge in [0, 0.05) is 61.0 Å². The first kappa shape index (κ1) is 30.2. The molecule has 1 amide bonds. The van der Waals surface area contributed by atoms with E-state index in [-0.39, 0.29) is 51.8 Å². The van der Waals surface area contributed by atoms with Crippen LogP contribution in [0.1, 0.15) is 50.1 Å². The Kier molecular flexibility index (Phi) is 8.41. The van der Waals surface area contributed by atoms with Gasteiger partial charge >= 0.3 is 0 Å². The molecule has 228 valence electrons. The van der Waals surface area contributed by atoms with Gasteiger partial charge in [-0.15, -0.1) is 11.3 Å². The number of hydrogen-bond acceptors (Lipinski definition) is 7. The van der Waals surface area contributed by atoms with Gasteiger partial charge in [-0.3, -0.25) is 19.3 Å². The monoisotopic (exact) mass is 633 g/mol. The number of Topliss-reactive ketones (excluding diaryl/α,β-unsaturated/α-hetero) is 1. The van der Waals surface area contributed by atoms with Gasteiger partial charge in [0.25, 0.3) is 5.56 Å². The van der Waals surface area contributed by atoms with Crippen molar-refractivity contribution in [3.63, 3.8) is 0 Å². The van der Waals surface area contributed by atoms with E-state index in [1.54, 1.807) is 31.1 Å². The van der Waals surface area contributed by atoms with Crippen molar-refractivity contribution < 1.29 is 14.0 Å². The maximum atomic E-state index is 16.0. The van der Waals surface area contributed by atoms with E-state index in [4.69, 9.17) is 11.6 Å². The van der Waals surface area contributed by atoms with Gasteiger partial charge in [-0.05, 0) is 79.8 Å². The second kappa shape index (κ2) is 12.3. The third kappa shape index (κ3) is 5.94. The van der Waals surface area contributed by atoms with E-state index in [1.807, 2.05) is 30.1 Å². The van der Waals surface area contributed by atoms with Crippen LogP contribution in [0.4, 0.5) is 15.9 Å². The Morgan fingerprint density at radius 3 is 2.57 bits per heavy atom. The Morgan fingerprint density at radius 2 is 1.82 bits per heavy atom. The predicted molar refractivity (Wildman–Crippen MR) is 172 cm³/mol. The largest absolute Gasteiger partial charge is 0.343 e. The summed E-state index contributed by atoms with van der Waals surface area (Å²) in [5, 5.41) is 3.32. The summed E-state index contributed by atoms with van der Waals surface area (Å²) >= 11 is 7.92. The molecule has 1 unspecified atom stereocenters. The SMILES string of the molecule is CN1CCN(C)C(c2ccc(Nc3nc(-c4cc(Cl)cc(CC(=O)c5cc6c(s5)CCCC6)c4F)cn(C)c3=O)cc2)C1=O. The molecule has 0 radical (unpaired) electrons. The number of nitrogens with zero attached hydrogens (tertiary/aromatic N) is 4. The summed E-state index contributed by atoms with van der Waals surface area (Å²) in [5.41, 5.74) is 2.73. The molecule has 1 aliphatic heterocycles. The molecular weight excluding hydrogens is 601 g/mol. The molecule has 2 aliphatic rings. The number of amides is 1. The number of anilines is 2. The van der Waals surface area contributed by atoms with Gasteiger partial charge in [-0.1, -0.05) is 23.7 Å². The van der Waals surface area contributed by atoms with E-state index in [2.05, 4.69) is 10.3 Å². The number of benzene rings is 2. The van der Waals surface area contributed by atoms with Crippen molar-refractivity contribution in [2.45, 2.75) is 38.1 Å². The normalized spacial score (nSPS) is 17.1. The zero-order chi connectivity index (χ0) is 31.1. The highest BCUT2D eigenvalue weighted by Gasteiger charge is 2.32. The molecule has 1 atom stereocenters. The van der Waals surface area contributed by atoms with Crippen LogP contribution in [0.25, 0.3) is 11.3 Å². The number of carbonyl (C=O) groups is 2. The van der Waals surface area contributed by atoms with Crippen LogP contribution in [0.3, 0.4) is 0 Å². The van der Waals surface area contributed by atoms with E-state index in [0.717, 1.165) is 37.8 Å². The number of likely N-dealkylation sites (N-methyl/N-ethyl adjacent to an activating group) is 2. The number of nitrogens with one attached hydrogen (secondary N) is 1. The summed E-state index contributed by atoms with van der Waals surface area (Å²) in [7, 11) is 5.28. The van der Waals surface area contributed by atoms with Crippen LogP contribution in [-0.4, -0.2) is 58.2 Å². The molecule has 0 bridgehead atoms. The lowest BCUT2D eigenvalue weighted by Crippen LogP contribution is -2.48. The van der Waals surface area contributed by atoms with E-state index < -0.39 is 11.4 Å². The fourth-order valence-corrected chi connectivity index (χ4v) is 7.33. The molecular formula is C33H33ClFN5O3S. The maximum Gasteiger partial charge on any atom is 0.293 e. The zero-order valence-corrected chi connectivity index (χ0v) is 26.4. The molecule has 1 N–H and O–H groups in total. The smallest absolute Gasteiger partial charge is 0.293 e. The molecule has 3 heterocycles. The number of hydrogen-bond donors (Lipinski definition) is 1. The van der Waals surface area contributed by atoms with Crippen molar-refractivity contribution in [2.24, 2.45) is 7.05 Å². The van der Waals surface area contributed by atoms with Crippen LogP contribution in [0.5, 0.6) is 0 Å². The Morgan fingerprint density at radius 1 is 1.07 bits per heavy atom. The van der Waals surface area contributed by atoms with Crippen LogP contribution in [0.2, 0.25) is 5.02 Å². The number of ketones is 1. The van der Waals surface area contributed by atoms with Gasteiger partial charge in [0.2, 0.25) is 5.91 Å². The summed E-state index contributed by atoms with van der Waals surface area (Å²) in [6.07, 6.45) is 5.52. The summed E-state index contributed by atoms with van der Waals surface area (Å²) in [5.74, 6) is -0.716. The number of aromatic nitrogens is 2. The second-order valence-electron chi connectivity index (χ2n) is 11.6. The lowest BCUT2D eigenvalue weighted by Gasteiger charge is -2.37. The first-order valence-corrected chi connectivity index (χ1v) is 15.8. The predicted octanol–water partition coefficient (Wildman–Crippen LogP) is 5.79. The van der Waals surface area contributed by atoms with Crippen LogP contribution in [0.15, 0.2) is 53.5 Å². The average Bonchev–Trinajstić information content (AvgIpc) is 3.45. The topological polar surface area (TPSA) is 87.5 Å². The van der Waals surface area contributed by atoms with Gasteiger partial charge in [-0.2, -0.15) is 0 Å². The molecule has 8 nitrogen and oxygen atoms in total. The standard InChI is InChI=1S/C33H33ClFN5O3S/c1-38-12-13-39(2)32(42)30(38)19-8-10-23(11-9-19)36-31-33(43)40(3)18-25(37-31)24-17-22(34)14-21(29(24)35)15-26(41)28-16-20-6-4-5-7-27(20)44-28/h8-11,14,16-18,30H,4-7,12-13,15H2,1-3H3,(H,36,37). The van der Waals surface area contributed by atoms with Crippen molar-refractivity contribution in [1.82, 2.24) is 19.4 Å².